The summed E-state index contributed by atoms with van der Waals surface area (Å²) in [4.78, 5) is 25.0. The summed E-state index contributed by atoms with van der Waals surface area (Å²) in [6, 6.07) is 16.7. The van der Waals surface area contributed by atoms with Gasteiger partial charge in [0, 0.05) is 11.7 Å². The van der Waals surface area contributed by atoms with Crippen LogP contribution in [-0.4, -0.2) is 24.4 Å². The third-order valence-electron chi connectivity index (χ3n) is 5.11. The van der Waals surface area contributed by atoms with Gasteiger partial charge in [0.05, 0.1) is 17.8 Å². The molecule has 0 aromatic heterocycles. The van der Waals surface area contributed by atoms with E-state index in [0.29, 0.717) is 23.2 Å². The zero-order chi connectivity index (χ0) is 19.1. The van der Waals surface area contributed by atoms with Gasteiger partial charge in [-0.25, -0.2) is 0 Å². The summed E-state index contributed by atoms with van der Waals surface area (Å²) >= 11 is 0. The molecule has 2 aromatic carbocycles. The van der Waals surface area contributed by atoms with Crippen LogP contribution in [0.25, 0.3) is 0 Å². The Balaban J connectivity index is 1.59. The Hall–Kier alpha value is -2.66. The molecule has 1 aliphatic rings. The van der Waals surface area contributed by atoms with Crippen LogP contribution < -0.4 is 16.0 Å². The van der Waals surface area contributed by atoms with Crippen LogP contribution >= 0.6 is 0 Å². The molecule has 1 aliphatic carbocycles. The van der Waals surface area contributed by atoms with E-state index in [9.17, 15) is 9.59 Å². The lowest BCUT2D eigenvalue weighted by Gasteiger charge is -2.29. The van der Waals surface area contributed by atoms with Crippen molar-refractivity contribution in [3.63, 3.8) is 0 Å². The molecule has 5 nitrogen and oxygen atoms in total. The number of hydrogen-bond acceptors (Lipinski definition) is 3. The third kappa shape index (κ3) is 5.41. The highest BCUT2D eigenvalue weighted by molar-refractivity contribution is 6.10. The van der Waals surface area contributed by atoms with E-state index in [1.807, 2.05) is 36.4 Å². The molecule has 0 heterocycles. The molecule has 0 spiro atoms. The van der Waals surface area contributed by atoms with Crippen molar-refractivity contribution in [1.82, 2.24) is 5.32 Å². The van der Waals surface area contributed by atoms with Crippen LogP contribution in [0.2, 0.25) is 0 Å². The van der Waals surface area contributed by atoms with Crippen LogP contribution in [0.4, 0.5) is 11.4 Å². The van der Waals surface area contributed by atoms with Crippen molar-refractivity contribution < 1.29 is 9.59 Å². The standard InChI is InChI=1S/C22H27N3O2/c1-16-9-5-7-13-19(16)23-15-21(26)25-20-14-8-6-12-18(20)22(27)24-17-10-3-2-4-11-17/h2-4,6,8,10-12,14,16,19,23H,5,7,9,13,15H2,1H3,(H,24,27)(H,25,26)/t16-,19-/m0/s1. The van der Waals surface area contributed by atoms with Crippen molar-refractivity contribution in [2.24, 2.45) is 5.92 Å². The minimum Gasteiger partial charge on any atom is -0.324 e. The van der Waals surface area contributed by atoms with Crippen molar-refractivity contribution in [3.05, 3.63) is 60.2 Å². The van der Waals surface area contributed by atoms with Crippen molar-refractivity contribution in [3.8, 4) is 0 Å². The molecule has 2 atom stereocenters. The fourth-order valence-electron chi connectivity index (χ4n) is 3.55. The molecule has 1 saturated carbocycles. The Morgan fingerprint density at radius 1 is 0.926 bits per heavy atom. The highest BCUT2D eigenvalue weighted by Gasteiger charge is 2.21. The van der Waals surface area contributed by atoms with E-state index < -0.39 is 0 Å². The van der Waals surface area contributed by atoms with E-state index in [1.54, 1.807) is 18.2 Å². The molecule has 2 amide bonds. The summed E-state index contributed by atoms with van der Waals surface area (Å²) in [5.41, 5.74) is 1.69. The fraction of sp³-hybridized carbons (Fsp3) is 0.364. The first-order valence-electron chi connectivity index (χ1n) is 9.62. The van der Waals surface area contributed by atoms with Gasteiger partial charge in [-0.15, -0.1) is 0 Å². The van der Waals surface area contributed by atoms with Crippen molar-refractivity contribution in [1.29, 1.82) is 0 Å². The second kappa shape index (κ2) is 9.33. The molecular formula is C22H27N3O2. The van der Waals surface area contributed by atoms with Gasteiger partial charge in [-0.1, -0.05) is 50.1 Å². The second-order valence-electron chi connectivity index (χ2n) is 7.16. The minimum absolute atomic E-state index is 0.132. The average molecular weight is 365 g/mol. The summed E-state index contributed by atoms with van der Waals surface area (Å²) in [6.45, 7) is 2.49. The number of hydrogen-bond donors (Lipinski definition) is 3. The molecule has 1 fully saturated rings. The van der Waals surface area contributed by atoms with Gasteiger partial charge in [0.2, 0.25) is 5.91 Å². The number of nitrogens with one attached hydrogen (secondary N) is 3. The molecule has 0 aliphatic heterocycles. The first-order chi connectivity index (χ1) is 13.1. The van der Waals surface area contributed by atoms with Crippen molar-refractivity contribution in [2.75, 3.05) is 17.2 Å². The maximum absolute atomic E-state index is 12.6. The van der Waals surface area contributed by atoms with Crippen LogP contribution in [0.15, 0.2) is 54.6 Å². The average Bonchev–Trinajstić information content (AvgIpc) is 2.68. The van der Waals surface area contributed by atoms with Gasteiger partial charge in [-0.05, 0) is 43.0 Å². The van der Waals surface area contributed by atoms with Crippen molar-refractivity contribution in [2.45, 2.75) is 38.6 Å². The Kier molecular flexibility index (Phi) is 6.60. The molecular weight excluding hydrogens is 338 g/mol. The number of benzene rings is 2. The van der Waals surface area contributed by atoms with Crippen LogP contribution in [0.5, 0.6) is 0 Å². The number of amides is 2. The first kappa shape index (κ1) is 19.1. The molecule has 0 unspecified atom stereocenters. The van der Waals surface area contributed by atoms with Crippen LogP contribution in [-0.2, 0) is 4.79 Å². The Morgan fingerprint density at radius 2 is 1.63 bits per heavy atom. The summed E-state index contributed by atoms with van der Waals surface area (Å²) < 4.78 is 0. The van der Waals surface area contributed by atoms with E-state index >= 15 is 0 Å². The SMILES string of the molecule is C[C@H]1CCCC[C@@H]1NCC(=O)Nc1ccccc1C(=O)Nc1ccccc1. The molecule has 27 heavy (non-hydrogen) atoms. The number of para-hydroxylation sites is 2. The molecule has 3 rings (SSSR count). The van der Waals surface area contributed by atoms with Crippen molar-refractivity contribution >= 4 is 23.2 Å². The number of carbonyl (C=O) groups is 2. The number of anilines is 2. The van der Waals surface area contributed by atoms with Gasteiger partial charge in [-0.3, -0.25) is 9.59 Å². The minimum atomic E-state index is -0.244. The summed E-state index contributed by atoms with van der Waals surface area (Å²) in [6.07, 6.45) is 4.81. The van der Waals surface area contributed by atoms with Crippen LogP contribution in [0.3, 0.4) is 0 Å². The van der Waals surface area contributed by atoms with Gasteiger partial charge in [0.15, 0.2) is 0 Å². The smallest absolute Gasteiger partial charge is 0.257 e. The second-order valence-corrected chi connectivity index (χ2v) is 7.16. The largest absolute Gasteiger partial charge is 0.324 e. The molecule has 0 saturated heterocycles. The predicted octanol–water partition coefficient (Wildman–Crippen LogP) is 4.05. The lowest BCUT2D eigenvalue weighted by molar-refractivity contribution is -0.115. The van der Waals surface area contributed by atoms with E-state index in [2.05, 4.69) is 22.9 Å². The number of carbonyl (C=O) groups excluding carboxylic acids is 2. The summed E-state index contributed by atoms with van der Waals surface area (Å²) in [7, 11) is 0. The number of rotatable bonds is 6. The van der Waals surface area contributed by atoms with Gasteiger partial charge < -0.3 is 16.0 Å². The van der Waals surface area contributed by atoms with Crippen LogP contribution in [0, 0.1) is 5.92 Å². The van der Waals surface area contributed by atoms with Crippen LogP contribution in [0.1, 0.15) is 43.0 Å². The maximum atomic E-state index is 12.6. The predicted molar refractivity (Wildman–Crippen MR) is 109 cm³/mol. The fourth-order valence-corrected chi connectivity index (χ4v) is 3.55. The summed E-state index contributed by atoms with van der Waals surface area (Å²) in [5.74, 6) is 0.217. The Labute approximate surface area is 160 Å². The highest BCUT2D eigenvalue weighted by atomic mass is 16.2. The third-order valence-corrected chi connectivity index (χ3v) is 5.11. The zero-order valence-electron chi connectivity index (χ0n) is 15.7. The topological polar surface area (TPSA) is 70.2 Å². The van der Waals surface area contributed by atoms with Gasteiger partial charge in [0.25, 0.3) is 5.91 Å². The molecule has 3 N–H and O–H groups in total. The molecule has 2 aromatic rings. The highest BCUT2D eigenvalue weighted by Crippen LogP contribution is 2.23. The Morgan fingerprint density at radius 3 is 2.41 bits per heavy atom. The normalized spacial score (nSPS) is 19.3. The quantitative estimate of drug-likeness (QED) is 0.723. The van der Waals surface area contributed by atoms with E-state index in [1.165, 1.54) is 19.3 Å². The van der Waals surface area contributed by atoms with E-state index in [-0.39, 0.29) is 18.4 Å². The lowest BCUT2D eigenvalue weighted by atomic mass is 9.86. The maximum Gasteiger partial charge on any atom is 0.257 e. The van der Waals surface area contributed by atoms with Gasteiger partial charge in [0.1, 0.15) is 0 Å². The lowest BCUT2D eigenvalue weighted by Crippen LogP contribution is -2.41. The van der Waals surface area contributed by atoms with Gasteiger partial charge >= 0.3 is 0 Å². The van der Waals surface area contributed by atoms with E-state index in [4.69, 9.17) is 0 Å². The molecule has 0 bridgehead atoms. The monoisotopic (exact) mass is 365 g/mol. The molecule has 5 heteroatoms. The first-order valence-corrected chi connectivity index (χ1v) is 9.62. The molecule has 0 radical (unpaired) electrons. The zero-order valence-corrected chi connectivity index (χ0v) is 15.7. The summed E-state index contributed by atoms with van der Waals surface area (Å²) in [5, 5.41) is 9.09. The van der Waals surface area contributed by atoms with E-state index in [0.717, 1.165) is 12.1 Å². The van der Waals surface area contributed by atoms with Gasteiger partial charge in [-0.2, -0.15) is 0 Å². The Bertz CT molecular complexity index is 776. The molecule has 142 valence electrons.